The van der Waals surface area contributed by atoms with Gasteiger partial charge in [0.15, 0.2) is 0 Å². The van der Waals surface area contributed by atoms with Crippen molar-refractivity contribution in [2.75, 3.05) is 20.3 Å². The summed E-state index contributed by atoms with van der Waals surface area (Å²) in [6, 6.07) is 6.00. The first-order valence-corrected chi connectivity index (χ1v) is 6.57. The minimum absolute atomic E-state index is 0.157. The largest absolute Gasteiger partial charge is 0.573 e. The molecule has 0 fully saturated rings. The molecule has 0 radical (unpaired) electrons. The zero-order chi connectivity index (χ0) is 15.0. The van der Waals surface area contributed by atoms with Gasteiger partial charge in [0.05, 0.1) is 0 Å². The smallest absolute Gasteiger partial charge is 0.405 e. The Morgan fingerprint density at radius 1 is 1.25 bits per heavy atom. The van der Waals surface area contributed by atoms with E-state index in [1.807, 2.05) is 6.92 Å². The van der Waals surface area contributed by atoms with Crippen molar-refractivity contribution in [3.63, 3.8) is 0 Å². The minimum atomic E-state index is -4.68. The standard InChI is InChI=1S/C14H20F3NO2/c1-3-19-10-6-8-12(18-2)11-7-4-5-9-13(11)20-14(15,16)17/h4-5,7,9,12,18H,3,6,8,10H2,1-2H3. The van der Waals surface area contributed by atoms with Crippen molar-refractivity contribution in [1.82, 2.24) is 5.32 Å². The quantitative estimate of drug-likeness (QED) is 0.741. The molecule has 0 bridgehead atoms. The van der Waals surface area contributed by atoms with Crippen LogP contribution in [0.3, 0.4) is 0 Å². The molecule has 3 nitrogen and oxygen atoms in total. The van der Waals surface area contributed by atoms with Crippen molar-refractivity contribution < 1.29 is 22.6 Å². The van der Waals surface area contributed by atoms with Crippen LogP contribution in [-0.4, -0.2) is 26.6 Å². The second-order valence-electron chi connectivity index (χ2n) is 4.27. The Labute approximate surface area is 117 Å². The van der Waals surface area contributed by atoms with E-state index in [9.17, 15) is 13.2 Å². The van der Waals surface area contributed by atoms with Gasteiger partial charge in [-0.05, 0) is 32.9 Å². The molecule has 1 aromatic carbocycles. The Morgan fingerprint density at radius 3 is 2.55 bits per heavy atom. The molecule has 114 valence electrons. The third-order valence-electron chi connectivity index (χ3n) is 2.85. The van der Waals surface area contributed by atoms with Gasteiger partial charge in [0.1, 0.15) is 5.75 Å². The Balaban J connectivity index is 2.75. The monoisotopic (exact) mass is 291 g/mol. The maximum atomic E-state index is 12.4. The predicted molar refractivity (Wildman–Crippen MR) is 70.7 cm³/mol. The van der Waals surface area contributed by atoms with Gasteiger partial charge < -0.3 is 14.8 Å². The molecule has 0 heterocycles. The van der Waals surface area contributed by atoms with E-state index in [1.165, 1.54) is 12.1 Å². The fourth-order valence-electron chi connectivity index (χ4n) is 1.98. The molecular formula is C14H20F3NO2. The zero-order valence-electron chi connectivity index (χ0n) is 11.7. The maximum Gasteiger partial charge on any atom is 0.573 e. The summed E-state index contributed by atoms with van der Waals surface area (Å²) in [5.41, 5.74) is 0.504. The summed E-state index contributed by atoms with van der Waals surface area (Å²) in [6.07, 6.45) is -3.24. The van der Waals surface area contributed by atoms with Crippen molar-refractivity contribution in [1.29, 1.82) is 0 Å². The molecule has 20 heavy (non-hydrogen) atoms. The van der Waals surface area contributed by atoms with Crippen LogP contribution < -0.4 is 10.1 Å². The lowest BCUT2D eigenvalue weighted by Gasteiger charge is -2.20. The highest BCUT2D eigenvalue weighted by Crippen LogP contribution is 2.31. The first-order chi connectivity index (χ1) is 9.48. The molecule has 0 saturated carbocycles. The van der Waals surface area contributed by atoms with E-state index in [0.717, 1.165) is 6.42 Å². The highest BCUT2D eigenvalue weighted by molar-refractivity contribution is 5.36. The van der Waals surface area contributed by atoms with Gasteiger partial charge in [0.2, 0.25) is 0 Å². The fourth-order valence-corrected chi connectivity index (χ4v) is 1.98. The lowest BCUT2D eigenvalue weighted by molar-refractivity contribution is -0.275. The van der Waals surface area contributed by atoms with E-state index in [0.29, 0.717) is 25.2 Å². The van der Waals surface area contributed by atoms with Crippen LogP contribution in [0.2, 0.25) is 0 Å². The third kappa shape index (κ3) is 5.79. The zero-order valence-corrected chi connectivity index (χ0v) is 11.7. The summed E-state index contributed by atoms with van der Waals surface area (Å²) in [6.45, 7) is 3.14. The van der Waals surface area contributed by atoms with Crippen LogP contribution >= 0.6 is 0 Å². The number of alkyl halides is 3. The average molecular weight is 291 g/mol. The van der Waals surface area contributed by atoms with E-state index in [1.54, 1.807) is 19.2 Å². The molecule has 1 unspecified atom stereocenters. The fraction of sp³-hybridized carbons (Fsp3) is 0.571. The molecule has 0 spiro atoms. The number of hydrogen-bond donors (Lipinski definition) is 1. The minimum Gasteiger partial charge on any atom is -0.405 e. The number of nitrogens with one attached hydrogen (secondary N) is 1. The van der Waals surface area contributed by atoms with Crippen LogP contribution in [0.4, 0.5) is 13.2 Å². The summed E-state index contributed by atoms with van der Waals surface area (Å²) in [4.78, 5) is 0. The SMILES string of the molecule is CCOCCCC(NC)c1ccccc1OC(F)(F)F. The first kappa shape index (κ1) is 16.8. The molecule has 0 aliphatic carbocycles. The highest BCUT2D eigenvalue weighted by Gasteiger charge is 2.32. The lowest BCUT2D eigenvalue weighted by Crippen LogP contribution is -2.22. The van der Waals surface area contributed by atoms with E-state index < -0.39 is 6.36 Å². The topological polar surface area (TPSA) is 30.5 Å². The van der Waals surface area contributed by atoms with Crippen LogP contribution in [0.15, 0.2) is 24.3 Å². The van der Waals surface area contributed by atoms with E-state index in [-0.39, 0.29) is 11.8 Å². The molecule has 1 rings (SSSR count). The Hall–Kier alpha value is -1.27. The van der Waals surface area contributed by atoms with Gasteiger partial charge in [0, 0.05) is 24.8 Å². The third-order valence-corrected chi connectivity index (χ3v) is 2.85. The average Bonchev–Trinajstić information content (AvgIpc) is 2.38. The van der Waals surface area contributed by atoms with Gasteiger partial charge in [0.25, 0.3) is 0 Å². The van der Waals surface area contributed by atoms with Crippen LogP contribution in [-0.2, 0) is 4.74 Å². The molecule has 0 aliphatic heterocycles. The molecule has 0 aliphatic rings. The second kappa shape index (κ2) is 8.11. The Morgan fingerprint density at radius 2 is 1.95 bits per heavy atom. The molecule has 0 aromatic heterocycles. The number of para-hydroxylation sites is 1. The molecule has 6 heteroatoms. The number of halogens is 3. The summed E-state index contributed by atoms with van der Waals surface area (Å²) < 4.78 is 46.4. The van der Waals surface area contributed by atoms with Crippen LogP contribution in [0.25, 0.3) is 0 Å². The van der Waals surface area contributed by atoms with Gasteiger partial charge in [-0.25, -0.2) is 0 Å². The number of hydrogen-bond acceptors (Lipinski definition) is 3. The van der Waals surface area contributed by atoms with E-state index >= 15 is 0 Å². The number of ether oxygens (including phenoxy) is 2. The summed E-state index contributed by atoms with van der Waals surface area (Å²) in [7, 11) is 1.72. The van der Waals surface area contributed by atoms with Crippen LogP contribution in [0.1, 0.15) is 31.4 Å². The number of rotatable bonds is 8. The van der Waals surface area contributed by atoms with Crippen molar-refractivity contribution in [2.45, 2.75) is 32.2 Å². The van der Waals surface area contributed by atoms with Crippen molar-refractivity contribution in [3.8, 4) is 5.75 Å². The molecule has 1 aromatic rings. The lowest BCUT2D eigenvalue weighted by atomic mass is 10.0. The van der Waals surface area contributed by atoms with Crippen molar-refractivity contribution >= 4 is 0 Å². The van der Waals surface area contributed by atoms with Gasteiger partial charge in [-0.3, -0.25) is 0 Å². The maximum absolute atomic E-state index is 12.4. The summed E-state index contributed by atoms with van der Waals surface area (Å²) >= 11 is 0. The summed E-state index contributed by atoms with van der Waals surface area (Å²) in [5.74, 6) is -0.157. The Bertz CT molecular complexity index is 396. The van der Waals surface area contributed by atoms with Crippen molar-refractivity contribution in [3.05, 3.63) is 29.8 Å². The summed E-state index contributed by atoms with van der Waals surface area (Å²) in [5, 5.41) is 3.02. The second-order valence-corrected chi connectivity index (χ2v) is 4.27. The molecule has 0 saturated heterocycles. The predicted octanol–water partition coefficient (Wildman–Crippen LogP) is 3.66. The van der Waals surface area contributed by atoms with Crippen LogP contribution in [0.5, 0.6) is 5.75 Å². The van der Waals surface area contributed by atoms with Gasteiger partial charge in [-0.2, -0.15) is 0 Å². The van der Waals surface area contributed by atoms with Crippen LogP contribution in [0, 0.1) is 0 Å². The van der Waals surface area contributed by atoms with Gasteiger partial charge in [-0.1, -0.05) is 18.2 Å². The van der Waals surface area contributed by atoms with E-state index in [2.05, 4.69) is 10.1 Å². The molecule has 1 N–H and O–H groups in total. The molecule has 1 atom stereocenters. The number of benzene rings is 1. The first-order valence-electron chi connectivity index (χ1n) is 6.57. The van der Waals surface area contributed by atoms with Gasteiger partial charge in [-0.15, -0.1) is 13.2 Å². The Kier molecular flexibility index (Phi) is 6.81. The molecular weight excluding hydrogens is 271 g/mol. The van der Waals surface area contributed by atoms with Crippen molar-refractivity contribution in [2.24, 2.45) is 0 Å². The highest BCUT2D eigenvalue weighted by atomic mass is 19.4. The van der Waals surface area contributed by atoms with E-state index in [4.69, 9.17) is 4.74 Å². The van der Waals surface area contributed by atoms with Gasteiger partial charge >= 0.3 is 6.36 Å². The normalized spacial score (nSPS) is 13.2. The molecule has 0 amide bonds.